The van der Waals surface area contributed by atoms with E-state index < -0.39 is 11.6 Å². The first-order valence-corrected chi connectivity index (χ1v) is 17.1. The van der Waals surface area contributed by atoms with E-state index in [0.29, 0.717) is 46.8 Å². The molecule has 0 amide bonds. The van der Waals surface area contributed by atoms with Crippen LogP contribution in [0.4, 0.5) is 9.39 Å². The maximum absolute atomic E-state index is 14.2. The van der Waals surface area contributed by atoms with Crippen molar-refractivity contribution in [2.24, 2.45) is 0 Å². The van der Waals surface area contributed by atoms with E-state index in [1.807, 2.05) is 24.9 Å². The number of anilines is 1. The lowest BCUT2D eigenvalue weighted by molar-refractivity contribution is 0.116. The highest BCUT2D eigenvalue weighted by Crippen LogP contribution is 2.55. The van der Waals surface area contributed by atoms with Crippen LogP contribution < -0.4 is 15.8 Å². The summed E-state index contributed by atoms with van der Waals surface area (Å²) in [5.74, 6) is 2.18. The molecule has 8 rings (SSSR count). The molecule has 0 aromatic carbocycles. The van der Waals surface area contributed by atoms with Gasteiger partial charge in [-0.2, -0.15) is 10.2 Å². The van der Waals surface area contributed by atoms with Crippen molar-refractivity contribution in [3.05, 3.63) is 39.1 Å². The number of likely N-dealkylation sites (N-methyl/N-ethyl adjacent to an activating group) is 1. The molecule has 3 fully saturated rings. The highest BCUT2D eigenvalue weighted by Gasteiger charge is 2.49. The van der Waals surface area contributed by atoms with Crippen molar-refractivity contribution in [1.29, 1.82) is 5.26 Å². The summed E-state index contributed by atoms with van der Waals surface area (Å²) in [6, 6.07) is 4.39. The highest BCUT2D eigenvalue weighted by atomic mass is 32.1. The predicted octanol–water partition coefficient (Wildman–Crippen LogP) is 5.41. The molecule has 2 spiro atoms. The minimum absolute atomic E-state index is 0.0204. The average molecular weight is 618 g/mol. The number of hydrogen-bond acceptors (Lipinski definition) is 10. The van der Waals surface area contributed by atoms with E-state index in [1.54, 1.807) is 11.3 Å². The molecular formula is C33H40FN7O2S. The molecule has 5 aliphatic rings. The molecule has 1 saturated carbocycles. The van der Waals surface area contributed by atoms with E-state index in [2.05, 4.69) is 16.5 Å². The molecular weight excluding hydrogens is 577 g/mol. The summed E-state index contributed by atoms with van der Waals surface area (Å²) >= 11 is 1.55. The van der Waals surface area contributed by atoms with Crippen LogP contribution in [0.3, 0.4) is 0 Å². The van der Waals surface area contributed by atoms with Gasteiger partial charge in [0.2, 0.25) is 5.88 Å². The standard InChI is InChI=1S/C33H40FN7O2S/c1-18(24-13-20(34)17-41(24)2)42-26-14-23(19-7-12-37-32(15-19)10-11-32)38-31(39-26)28-21-5-3-8-33(29(21)43-40-28)9-4-6-25-27(33)22(16-35)30(36)44-25/h14,18-20,24,37H,3-13,15,17,36H2,1-2H3/t18-,19?,20+,24-,33-/m0/s1. The number of halogens is 1. The average Bonchev–Trinajstić information content (AvgIpc) is 3.30. The number of nitrogens with two attached hydrogens (primary N) is 1. The minimum Gasteiger partial charge on any atom is -0.473 e. The van der Waals surface area contributed by atoms with Gasteiger partial charge in [0, 0.05) is 40.6 Å². The topological polar surface area (TPSA) is 126 Å². The third-order valence-electron chi connectivity index (χ3n) is 11.1. The van der Waals surface area contributed by atoms with Gasteiger partial charge >= 0.3 is 0 Å². The molecule has 11 heteroatoms. The summed E-state index contributed by atoms with van der Waals surface area (Å²) in [5, 5.41) is 19.1. The molecule has 3 aliphatic carbocycles. The van der Waals surface area contributed by atoms with Gasteiger partial charge in [0.25, 0.3) is 0 Å². The maximum atomic E-state index is 14.2. The second kappa shape index (κ2) is 10.5. The fourth-order valence-electron chi connectivity index (χ4n) is 8.76. The van der Waals surface area contributed by atoms with E-state index in [4.69, 9.17) is 25.0 Å². The number of likely N-dealkylation sites (tertiary alicyclic amines) is 1. The van der Waals surface area contributed by atoms with E-state index in [0.717, 1.165) is 80.5 Å². The number of aryl methyl sites for hydroxylation is 1. The van der Waals surface area contributed by atoms with E-state index in [9.17, 15) is 9.65 Å². The maximum Gasteiger partial charge on any atom is 0.217 e. The zero-order valence-corrected chi connectivity index (χ0v) is 26.3. The monoisotopic (exact) mass is 617 g/mol. The summed E-state index contributed by atoms with van der Waals surface area (Å²) < 4.78 is 27.0. The summed E-state index contributed by atoms with van der Waals surface area (Å²) in [5.41, 5.74) is 10.5. The second-order valence-corrected chi connectivity index (χ2v) is 15.0. The van der Waals surface area contributed by atoms with Crippen molar-refractivity contribution in [2.75, 3.05) is 25.9 Å². The summed E-state index contributed by atoms with van der Waals surface area (Å²) in [4.78, 5) is 13.4. The lowest BCUT2D eigenvalue weighted by Gasteiger charge is -2.39. The quantitative estimate of drug-likeness (QED) is 0.386. The fourth-order valence-corrected chi connectivity index (χ4v) is 9.92. The fraction of sp³-hybridized carbons (Fsp3) is 0.636. The van der Waals surface area contributed by atoms with Crippen molar-refractivity contribution >= 4 is 16.3 Å². The lowest BCUT2D eigenvalue weighted by Crippen LogP contribution is -2.39. The molecule has 0 bridgehead atoms. The number of hydrogen-bond donors (Lipinski definition) is 2. The first kappa shape index (κ1) is 28.4. The Bertz CT molecular complexity index is 1640. The van der Waals surface area contributed by atoms with Crippen LogP contribution >= 0.6 is 11.3 Å². The number of nitrogens with zero attached hydrogens (tertiary/aromatic N) is 5. The zero-order chi connectivity index (χ0) is 30.2. The largest absolute Gasteiger partial charge is 0.473 e. The minimum atomic E-state index is -0.841. The first-order chi connectivity index (χ1) is 21.3. The first-order valence-electron chi connectivity index (χ1n) is 16.3. The number of thiophene rings is 1. The second-order valence-electron chi connectivity index (χ2n) is 13.9. The van der Waals surface area contributed by atoms with Crippen LogP contribution in [-0.4, -0.2) is 64.0 Å². The number of alkyl halides is 1. The van der Waals surface area contributed by atoms with Gasteiger partial charge in [-0.25, -0.2) is 9.37 Å². The number of nitrogens with one attached hydrogen (secondary N) is 1. The van der Waals surface area contributed by atoms with Gasteiger partial charge in [0.1, 0.15) is 23.3 Å². The Labute approximate surface area is 261 Å². The molecule has 2 aliphatic heterocycles. The molecule has 9 nitrogen and oxygen atoms in total. The van der Waals surface area contributed by atoms with Crippen LogP contribution in [0.25, 0.3) is 11.5 Å². The summed E-state index contributed by atoms with van der Waals surface area (Å²) in [7, 11) is 1.96. The van der Waals surface area contributed by atoms with Crippen LogP contribution in [0.1, 0.15) is 104 Å². The zero-order valence-electron chi connectivity index (χ0n) is 25.5. The molecule has 2 saturated heterocycles. The Hall–Kier alpha value is -3.07. The van der Waals surface area contributed by atoms with Crippen LogP contribution in [0.5, 0.6) is 5.88 Å². The number of nitriles is 1. The molecule has 3 N–H and O–H groups in total. The van der Waals surface area contributed by atoms with Gasteiger partial charge in [-0.15, -0.1) is 11.3 Å². The molecule has 5 heterocycles. The number of fused-ring (bicyclic) bond motifs is 4. The number of rotatable bonds is 5. The normalized spacial score (nSPS) is 29.7. The van der Waals surface area contributed by atoms with Gasteiger partial charge in [0.15, 0.2) is 17.3 Å². The van der Waals surface area contributed by atoms with Gasteiger partial charge < -0.3 is 20.3 Å². The third-order valence-corrected chi connectivity index (χ3v) is 12.2. The molecule has 0 radical (unpaired) electrons. The van der Waals surface area contributed by atoms with Crippen molar-refractivity contribution in [2.45, 2.75) is 113 Å². The molecule has 44 heavy (non-hydrogen) atoms. The Morgan fingerprint density at radius 2 is 2.07 bits per heavy atom. The Morgan fingerprint density at radius 3 is 2.82 bits per heavy atom. The van der Waals surface area contributed by atoms with Crippen LogP contribution in [0.15, 0.2) is 10.6 Å². The van der Waals surface area contributed by atoms with Crippen molar-refractivity contribution in [1.82, 2.24) is 25.3 Å². The molecule has 1 unspecified atom stereocenters. The Kier molecular flexibility index (Phi) is 6.78. The van der Waals surface area contributed by atoms with Crippen LogP contribution in [0, 0.1) is 11.3 Å². The molecule has 5 atom stereocenters. The molecule has 3 aromatic rings. The van der Waals surface area contributed by atoms with Crippen LogP contribution in [0.2, 0.25) is 0 Å². The van der Waals surface area contributed by atoms with Crippen molar-refractivity contribution < 1.29 is 13.7 Å². The number of aromatic nitrogens is 3. The van der Waals surface area contributed by atoms with Gasteiger partial charge in [-0.1, -0.05) is 5.16 Å². The van der Waals surface area contributed by atoms with Crippen molar-refractivity contribution in [3.8, 4) is 23.5 Å². The number of ether oxygens (including phenoxy) is 1. The number of nitrogen functional groups attached to an aromatic ring is 1. The Balaban J connectivity index is 1.20. The Morgan fingerprint density at radius 1 is 1.25 bits per heavy atom. The highest BCUT2D eigenvalue weighted by molar-refractivity contribution is 7.16. The summed E-state index contributed by atoms with van der Waals surface area (Å²) in [6.07, 6.45) is 9.37. The van der Waals surface area contributed by atoms with Crippen LogP contribution in [-0.2, 0) is 18.3 Å². The third kappa shape index (κ3) is 4.55. The smallest absolute Gasteiger partial charge is 0.217 e. The van der Waals surface area contributed by atoms with Crippen molar-refractivity contribution in [3.63, 3.8) is 0 Å². The van der Waals surface area contributed by atoms with E-state index in [-0.39, 0.29) is 17.7 Å². The van der Waals surface area contributed by atoms with Gasteiger partial charge in [-0.05, 0) is 96.7 Å². The van der Waals surface area contributed by atoms with E-state index >= 15 is 0 Å². The summed E-state index contributed by atoms with van der Waals surface area (Å²) in [6.45, 7) is 3.40. The lowest BCUT2D eigenvalue weighted by atomic mass is 9.63. The van der Waals surface area contributed by atoms with Gasteiger partial charge in [0.05, 0.1) is 16.7 Å². The predicted molar refractivity (Wildman–Crippen MR) is 166 cm³/mol. The number of piperidine rings is 1. The molecule has 232 valence electrons. The van der Waals surface area contributed by atoms with E-state index in [1.165, 1.54) is 17.7 Å². The van der Waals surface area contributed by atoms with Gasteiger partial charge in [-0.3, -0.25) is 4.90 Å². The molecule has 3 aromatic heterocycles. The SMILES string of the molecule is C[C@H](Oc1cc(C2CCNC3(CC3)C2)nc(-c2noc3c2CCC[C@@]32CCCc3sc(N)c(C#N)c32)n1)[C@@H]1C[C@@H](F)CN1C.